The van der Waals surface area contributed by atoms with Gasteiger partial charge in [0.15, 0.2) is 6.61 Å². The maximum atomic E-state index is 12.0. The zero-order chi connectivity index (χ0) is 18.2. The van der Waals surface area contributed by atoms with Crippen molar-refractivity contribution in [2.24, 2.45) is 0 Å². The number of anilines is 2. The molecule has 0 atom stereocenters. The van der Waals surface area contributed by atoms with E-state index in [4.69, 9.17) is 9.47 Å². The van der Waals surface area contributed by atoms with Crippen LogP contribution >= 0.6 is 0 Å². The summed E-state index contributed by atoms with van der Waals surface area (Å²) >= 11 is 0. The van der Waals surface area contributed by atoms with Crippen molar-refractivity contribution in [2.75, 3.05) is 24.4 Å². The number of esters is 1. The number of methoxy groups -OCH3 is 1. The molecule has 8 heteroatoms. The van der Waals surface area contributed by atoms with Crippen LogP contribution in [0.4, 0.5) is 11.4 Å². The van der Waals surface area contributed by atoms with E-state index in [9.17, 15) is 14.4 Å². The summed E-state index contributed by atoms with van der Waals surface area (Å²) in [6.45, 7) is 0.912. The van der Waals surface area contributed by atoms with Crippen molar-refractivity contribution in [3.63, 3.8) is 0 Å². The lowest BCUT2D eigenvalue weighted by atomic mass is 10.2. The molecule has 130 valence electrons. The van der Waals surface area contributed by atoms with E-state index in [1.54, 1.807) is 18.2 Å². The molecule has 0 aliphatic heterocycles. The highest BCUT2D eigenvalue weighted by Crippen LogP contribution is 2.27. The van der Waals surface area contributed by atoms with Crippen LogP contribution in [0, 0.1) is 0 Å². The molecule has 1 aromatic heterocycles. The van der Waals surface area contributed by atoms with E-state index in [2.05, 4.69) is 15.6 Å². The topological polar surface area (TPSA) is 107 Å². The molecule has 0 saturated heterocycles. The minimum absolute atomic E-state index is 0.242. The Kier molecular flexibility index (Phi) is 6.05. The second-order valence-corrected chi connectivity index (χ2v) is 4.96. The minimum Gasteiger partial charge on any atom is -0.495 e. The molecule has 0 bridgehead atoms. The number of pyridine rings is 1. The summed E-state index contributed by atoms with van der Waals surface area (Å²) in [4.78, 5) is 38.7. The molecule has 2 N–H and O–H groups in total. The first-order valence-corrected chi connectivity index (χ1v) is 7.32. The van der Waals surface area contributed by atoms with Crippen LogP contribution in [0.2, 0.25) is 0 Å². The molecule has 2 rings (SSSR count). The third-order valence-electron chi connectivity index (χ3n) is 3.04. The van der Waals surface area contributed by atoms with Gasteiger partial charge in [-0.1, -0.05) is 0 Å². The second kappa shape index (κ2) is 8.44. The van der Waals surface area contributed by atoms with Crippen LogP contribution in [0.1, 0.15) is 17.3 Å². The summed E-state index contributed by atoms with van der Waals surface area (Å²) < 4.78 is 10.1. The van der Waals surface area contributed by atoms with Gasteiger partial charge in [-0.05, 0) is 30.3 Å². The average Bonchev–Trinajstić information content (AvgIpc) is 2.60. The van der Waals surface area contributed by atoms with Gasteiger partial charge in [0, 0.05) is 25.0 Å². The Morgan fingerprint density at radius 1 is 1.08 bits per heavy atom. The van der Waals surface area contributed by atoms with Crippen LogP contribution in [-0.4, -0.2) is 36.5 Å². The van der Waals surface area contributed by atoms with Crippen LogP contribution in [0.3, 0.4) is 0 Å². The summed E-state index contributed by atoms with van der Waals surface area (Å²) in [7, 11) is 1.45. The Balaban J connectivity index is 1.99. The number of benzene rings is 1. The van der Waals surface area contributed by atoms with Crippen molar-refractivity contribution in [3.8, 4) is 5.75 Å². The van der Waals surface area contributed by atoms with Crippen molar-refractivity contribution in [3.05, 3.63) is 48.3 Å². The molecule has 2 amide bonds. The minimum atomic E-state index is -0.628. The molecule has 0 aliphatic rings. The monoisotopic (exact) mass is 343 g/mol. The molecule has 8 nitrogen and oxygen atoms in total. The first-order chi connectivity index (χ1) is 12.0. The van der Waals surface area contributed by atoms with E-state index < -0.39 is 18.5 Å². The Morgan fingerprint density at radius 2 is 1.80 bits per heavy atom. The van der Waals surface area contributed by atoms with Gasteiger partial charge in [0.1, 0.15) is 5.75 Å². The van der Waals surface area contributed by atoms with E-state index in [0.717, 1.165) is 0 Å². The molecule has 1 aromatic carbocycles. The zero-order valence-corrected chi connectivity index (χ0v) is 13.7. The first-order valence-electron chi connectivity index (χ1n) is 7.32. The molecule has 0 fully saturated rings. The molecular weight excluding hydrogens is 326 g/mol. The van der Waals surface area contributed by atoms with Crippen molar-refractivity contribution in [2.45, 2.75) is 6.92 Å². The lowest BCUT2D eigenvalue weighted by molar-refractivity contribution is -0.119. The van der Waals surface area contributed by atoms with Crippen LogP contribution in [0.15, 0.2) is 42.7 Å². The standard InChI is InChI=1S/C17H17N3O5/c1-11(21)19-13-3-4-15(24-2)14(9-13)20-16(22)10-25-17(23)12-5-7-18-8-6-12/h3-9H,10H2,1-2H3,(H,19,21)(H,20,22). The molecule has 0 spiro atoms. The SMILES string of the molecule is COc1ccc(NC(C)=O)cc1NC(=O)COC(=O)c1ccncc1. The number of hydrogen-bond acceptors (Lipinski definition) is 6. The quantitative estimate of drug-likeness (QED) is 0.775. The number of aromatic nitrogens is 1. The van der Waals surface area contributed by atoms with Gasteiger partial charge in [-0.15, -0.1) is 0 Å². The van der Waals surface area contributed by atoms with Gasteiger partial charge in [0.25, 0.3) is 5.91 Å². The molecule has 0 unspecified atom stereocenters. The van der Waals surface area contributed by atoms with E-state index >= 15 is 0 Å². The summed E-state index contributed by atoms with van der Waals surface area (Å²) in [6.07, 6.45) is 2.91. The van der Waals surface area contributed by atoms with Crippen LogP contribution in [0.25, 0.3) is 0 Å². The first kappa shape index (κ1) is 17.9. The molecule has 1 heterocycles. The van der Waals surface area contributed by atoms with Crippen molar-refractivity contribution in [1.29, 1.82) is 0 Å². The number of nitrogens with one attached hydrogen (secondary N) is 2. The summed E-state index contributed by atoms with van der Waals surface area (Å²) in [6, 6.07) is 7.76. The number of amides is 2. The predicted octanol–water partition coefficient (Wildman–Crippen LogP) is 1.84. The van der Waals surface area contributed by atoms with Gasteiger partial charge in [0.05, 0.1) is 18.4 Å². The van der Waals surface area contributed by atoms with Gasteiger partial charge in [-0.2, -0.15) is 0 Å². The van der Waals surface area contributed by atoms with E-state index in [1.165, 1.54) is 38.6 Å². The summed E-state index contributed by atoms with van der Waals surface area (Å²) in [5, 5.41) is 5.18. The number of nitrogens with zero attached hydrogens (tertiary/aromatic N) is 1. The zero-order valence-electron chi connectivity index (χ0n) is 13.7. The molecule has 2 aromatic rings. The number of carbonyl (C=O) groups is 3. The smallest absolute Gasteiger partial charge is 0.338 e. The number of hydrogen-bond donors (Lipinski definition) is 2. The van der Waals surface area contributed by atoms with Crippen LogP contribution in [-0.2, 0) is 14.3 Å². The Labute approximate surface area is 144 Å². The van der Waals surface area contributed by atoms with Gasteiger partial charge >= 0.3 is 5.97 Å². The largest absolute Gasteiger partial charge is 0.495 e. The maximum absolute atomic E-state index is 12.0. The lowest BCUT2D eigenvalue weighted by Gasteiger charge is -2.12. The van der Waals surface area contributed by atoms with Crippen molar-refractivity contribution < 1.29 is 23.9 Å². The molecular formula is C17H17N3O5. The number of carbonyl (C=O) groups excluding carboxylic acids is 3. The molecule has 0 aliphatic carbocycles. The fourth-order valence-electron chi connectivity index (χ4n) is 1.98. The summed E-state index contributed by atoms with van der Waals surface area (Å²) in [5.74, 6) is -1.01. The summed E-state index contributed by atoms with van der Waals surface area (Å²) in [5.41, 5.74) is 1.14. The highest BCUT2D eigenvalue weighted by Gasteiger charge is 2.13. The highest BCUT2D eigenvalue weighted by atomic mass is 16.5. The van der Waals surface area contributed by atoms with Crippen LogP contribution in [0.5, 0.6) is 5.75 Å². The molecule has 25 heavy (non-hydrogen) atoms. The van der Waals surface area contributed by atoms with E-state index in [1.807, 2.05) is 0 Å². The Bertz CT molecular complexity index is 777. The van der Waals surface area contributed by atoms with Crippen LogP contribution < -0.4 is 15.4 Å². The third-order valence-corrected chi connectivity index (χ3v) is 3.04. The van der Waals surface area contributed by atoms with Crippen molar-refractivity contribution in [1.82, 2.24) is 4.98 Å². The second-order valence-electron chi connectivity index (χ2n) is 4.96. The van der Waals surface area contributed by atoms with Gasteiger partial charge in [-0.25, -0.2) is 4.79 Å². The third kappa shape index (κ3) is 5.31. The molecule has 0 radical (unpaired) electrons. The fraction of sp³-hybridized carbons (Fsp3) is 0.176. The van der Waals surface area contributed by atoms with E-state index in [0.29, 0.717) is 22.7 Å². The Morgan fingerprint density at radius 3 is 2.44 bits per heavy atom. The van der Waals surface area contributed by atoms with Gasteiger partial charge in [0.2, 0.25) is 5.91 Å². The Hall–Kier alpha value is -3.42. The number of ether oxygens (including phenoxy) is 2. The highest BCUT2D eigenvalue weighted by molar-refractivity contribution is 5.97. The van der Waals surface area contributed by atoms with Gasteiger partial charge < -0.3 is 20.1 Å². The fourth-order valence-corrected chi connectivity index (χ4v) is 1.98. The average molecular weight is 343 g/mol. The predicted molar refractivity (Wildman–Crippen MR) is 90.4 cm³/mol. The number of rotatable bonds is 6. The normalized spacial score (nSPS) is 9.84. The maximum Gasteiger partial charge on any atom is 0.338 e. The van der Waals surface area contributed by atoms with Gasteiger partial charge in [-0.3, -0.25) is 14.6 Å². The van der Waals surface area contributed by atoms with Crippen molar-refractivity contribution >= 4 is 29.2 Å². The molecule has 0 saturated carbocycles. The lowest BCUT2D eigenvalue weighted by Crippen LogP contribution is -2.21. The van der Waals surface area contributed by atoms with E-state index in [-0.39, 0.29) is 5.91 Å².